The molecule has 1 aromatic carbocycles. The normalized spacial score (nSPS) is 13.7. The molecule has 0 unspecified atom stereocenters. The average Bonchev–Trinajstić information content (AvgIpc) is 2.60. The maximum absolute atomic E-state index is 10.9. The number of nitrogens with zero attached hydrogens (tertiary/aromatic N) is 1. The van der Waals surface area contributed by atoms with Crippen molar-refractivity contribution in [1.82, 2.24) is 0 Å². The predicted octanol–water partition coefficient (Wildman–Crippen LogP) is 2.50. The van der Waals surface area contributed by atoms with Crippen LogP contribution in [0, 0.1) is 0 Å². The van der Waals surface area contributed by atoms with Gasteiger partial charge in [-0.2, -0.15) is 0 Å². The zero-order valence-electron chi connectivity index (χ0n) is 8.74. The van der Waals surface area contributed by atoms with Gasteiger partial charge in [0.05, 0.1) is 12.1 Å². The van der Waals surface area contributed by atoms with Crippen molar-refractivity contribution in [3.8, 4) is 0 Å². The first-order chi connectivity index (χ1) is 7.58. The standard InChI is InChI=1S/C12H12ClNO2/c1-8(13)7-14-5-4-9-2-3-10(12(15)16)6-11(9)14/h2-3,6H,1,4-5,7H2,(H,15,16). The quantitative estimate of drug-likeness (QED) is 0.878. The summed E-state index contributed by atoms with van der Waals surface area (Å²) in [6.45, 7) is 5.09. The maximum atomic E-state index is 10.9. The van der Waals surface area contributed by atoms with Crippen molar-refractivity contribution in [2.45, 2.75) is 6.42 Å². The van der Waals surface area contributed by atoms with Gasteiger partial charge in [0.2, 0.25) is 0 Å². The van der Waals surface area contributed by atoms with Crippen molar-refractivity contribution in [1.29, 1.82) is 0 Å². The van der Waals surface area contributed by atoms with Crippen LogP contribution in [-0.2, 0) is 6.42 Å². The highest BCUT2D eigenvalue weighted by atomic mass is 35.5. The minimum Gasteiger partial charge on any atom is -0.478 e. The van der Waals surface area contributed by atoms with E-state index in [-0.39, 0.29) is 0 Å². The summed E-state index contributed by atoms with van der Waals surface area (Å²) >= 11 is 5.77. The van der Waals surface area contributed by atoms with Gasteiger partial charge >= 0.3 is 5.97 Å². The Balaban J connectivity index is 2.33. The van der Waals surface area contributed by atoms with Crippen LogP contribution in [0.5, 0.6) is 0 Å². The number of benzene rings is 1. The Morgan fingerprint density at radius 1 is 1.56 bits per heavy atom. The Morgan fingerprint density at radius 3 is 2.94 bits per heavy atom. The van der Waals surface area contributed by atoms with E-state index in [1.54, 1.807) is 12.1 Å². The molecule has 16 heavy (non-hydrogen) atoms. The van der Waals surface area contributed by atoms with Crippen LogP contribution in [0.15, 0.2) is 29.8 Å². The van der Waals surface area contributed by atoms with Crippen LogP contribution in [0.2, 0.25) is 0 Å². The van der Waals surface area contributed by atoms with Crippen molar-refractivity contribution in [3.63, 3.8) is 0 Å². The zero-order chi connectivity index (χ0) is 11.7. The second kappa shape index (κ2) is 4.18. The van der Waals surface area contributed by atoms with Crippen molar-refractivity contribution in [2.75, 3.05) is 18.0 Å². The van der Waals surface area contributed by atoms with E-state index in [0.717, 1.165) is 18.7 Å². The number of rotatable bonds is 3. The summed E-state index contributed by atoms with van der Waals surface area (Å²) in [6.07, 6.45) is 0.930. The van der Waals surface area contributed by atoms with Gasteiger partial charge in [-0.05, 0) is 24.1 Å². The van der Waals surface area contributed by atoms with Gasteiger partial charge in [0, 0.05) is 17.3 Å². The number of fused-ring (bicyclic) bond motifs is 1. The number of halogens is 1. The smallest absolute Gasteiger partial charge is 0.335 e. The van der Waals surface area contributed by atoms with Gasteiger partial charge in [0.25, 0.3) is 0 Å². The van der Waals surface area contributed by atoms with Crippen LogP contribution in [-0.4, -0.2) is 24.2 Å². The first-order valence-corrected chi connectivity index (χ1v) is 5.40. The van der Waals surface area contributed by atoms with Gasteiger partial charge < -0.3 is 10.0 Å². The predicted molar refractivity (Wildman–Crippen MR) is 64.3 cm³/mol. The lowest BCUT2D eigenvalue weighted by atomic mass is 10.1. The molecule has 0 amide bonds. The van der Waals surface area contributed by atoms with Crippen LogP contribution in [0.25, 0.3) is 0 Å². The summed E-state index contributed by atoms with van der Waals surface area (Å²) in [7, 11) is 0. The fourth-order valence-electron chi connectivity index (χ4n) is 1.95. The topological polar surface area (TPSA) is 40.5 Å². The summed E-state index contributed by atoms with van der Waals surface area (Å²) in [5, 5.41) is 9.49. The highest BCUT2D eigenvalue weighted by Crippen LogP contribution is 2.29. The molecule has 0 aliphatic carbocycles. The summed E-state index contributed by atoms with van der Waals surface area (Å²) in [5.74, 6) is -0.903. The van der Waals surface area contributed by atoms with Gasteiger partial charge in [-0.1, -0.05) is 24.2 Å². The Morgan fingerprint density at radius 2 is 2.31 bits per heavy atom. The molecule has 0 fully saturated rings. The average molecular weight is 238 g/mol. The Kier molecular flexibility index (Phi) is 2.88. The highest BCUT2D eigenvalue weighted by molar-refractivity contribution is 6.29. The summed E-state index contributed by atoms with van der Waals surface area (Å²) in [6, 6.07) is 5.21. The molecule has 1 N–H and O–H groups in total. The second-order valence-electron chi connectivity index (χ2n) is 3.84. The van der Waals surface area contributed by atoms with Gasteiger partial charge in [0.15, 0.2) is 0 Å². The molecular weight excluding hydrogens is 226 g/mol. The van der Waals surface area contributed by atoms with Crippen molar-refractivity contribution in [2.24, 2.45) is 0 Å². The van der Waals surface area contributed by atoms with Crippen LogP contribution < -0.4 is 4.90 Å². The van der Waals surface area contributed by atoms with E-state index in [9.17, 15) is 4.79 Å². The van der Waals surface area contributed by atoms with Crippen LogP contribution in [0.4, 0.5) is 5.69 Å². The maximum Gasteiger partial charge on any atom is 0.335 e. The SMILES string of the molecule is C=C(Cl)CN1CCc2ccc(C(=O)O)cc21. The third-order valence-corrected chi connectivity index (χ3v) is 2.81. The van der Waals surface area contributed by atoms with Gasteiger partial charge in [-0.3, -0.25) is 0 Å². The fourth-order valence-corrected chi connectivity index (χ4v) is 2.09. The second-order valence-corrected chi connectivity index (χ2v) is 4.37. The molecule has 0 aromatic heterocycles. The molecule has 1 aliphatic heterocycles. The molecular formula is C12H12ClNO2. The number of carboxylic acids is 1. The van der Waals surface area contributed by atoms with Crippen molar-refractivity contribution >= 4 is 23.3 Å². The molecule has 3 nitrogen and oxygen atoms in total. The van der Waals surface area contributed by atoms with Gasteiger partial charge in [-0.15, -0.1) is 0 Å². The molecule has 0 radical (unpaired) electrons. The molecule has 0 saturated heterocycles. The van der Waals surface area contributed by atoms with Gasteiger partial charge in [0.1, 0.15) is 0 Å². The van der Waals surface area contributed by atoms with E-state index in [4.69, 9.17) is 16.7 Å². The summed E-state index contributed by atoms with van der Waals surface area (Å²) < 4.78 is 0. The van der Waals surface area contributed by atoms with E-state index in [0.29, 0.717) is 17.1 Å². The molecule has 0 bridgehead atoms. The van der Waals surface area contributed by atoms with Crippen LogP contribution in [0.3, 0.4) is 0 Å². The fraction of sp³-hybridized carbons (Fsp3) is 0.250. The monoisotopic (exact) mass is 237 g/mol. The summed E-state index contributed by atoms with van der Waals surface area (Å²) in [5.41, 5.74) is 2.44. The van der Waals surface area contributed by atoms with Crippen molar-refractivity contribution in [3.05, 3.63) is 40.9 Å². The minimum absolute atomic E-state index is 0.311. The molecule has 0 saturated carbocycles. The lowest BCUT2D eigenvalue weighted by molar-refractivity contribution is 0.0697. The zero-order valence-corrected chi connectivity index (χ0v) is 9.50. The summed E-state index contributed by atoms with van der Waals surface area (Å²) in [4.78, 5) is 12.9. The molecule has 1 heterocycles. The Hall–Kier alpha value is -1.48. The lowest BCUT2D eigenvalue weighted by Crippen LogP contribution is -2.21. The van der Waals surface area contributed by atoms with Crippen molar-refractivity contribution < 1.29 is 9.90 Å². The van der Waals surface area contributed by atoms with Gasteiger partial charge in [-0.25, -0.2) is 4.79 Å². The Bertz CT molecular complexity index is 456. The number of carbonyl (C=O) groups is 1. The minimum atomic E-state index is -0.903. The first kappa shape index (κ1) is 11.0. The molecule has 1 aromatic rings. The van der Waals surface area contributed by atoms with E-state index in [1.165, 1.54) is 5.56 Å². The molecule has 0 spiro atoms. The highest BCUT2D eigenvalue weighted by Gasteiger charge is 2.20. The van der Waals surface area contributed by atoms with Crippen LogP contribution in [0.1, 0.15) is 15.9 Å². The third kappa shape index (κ3) is 2.04. The molecule has 4 heteroatoms. The number of hydrogen-bond donors (Lipinski definition) is 1. The van der Waals surface area contributed by atoms with E-state index in [1.807, 2.05) is 6.07 Å². The lowest BCUT2D eigenvalue weighted by Gasteiger charge is -2.18. The molecule has 1 aliphatic rings. The largest absolute Gasteiger partial charge is 0.478 e. The number of hydrogen-bond acceptors (Lipinski definition) is 2. The first-order valence-electron chi connectivity index (χ1n) is 5.02. The number of anilines is 1. The molecule has 0 atom stereocenters. The molecule has 84 valence electrons. The Labute approximate surface area is 98.9 Å². The van der Waals surface area contributed by atoms with E-state index < -0.39 is 5.97 Å². The van der Waals surface area contributed by atoms with E-state index >= 15 is 0 Å². The van der Waals surface area contributed by atoms with E-state index in [2.05, 4.69) is 11.5 Å². The molecule has 2 rings (SSSR count). The number of aromatic carboxylic acids is 1. The third-order valence-electron chi connectivity index (χ3n) is 2.69. The number of carboxylic acid groups (broad SMARTS) is 1. The van der Waals surface area contributed by atoms with Crippen LogP contribution >= 0.6 is 11.6 Å².